The molecule has 1 fully saturated rings. The minimum absolute atomic E-state index is 0.198. The Balaban J connectivity index is 2.19. The Hall–Kier alpha value is -1.58. The highest BCUT2D eigenvalue weighted by Crippen LogP contribution is 2.39. The maximum absolute atomic E-state index is 5.50. The molecule has 1 aliphatic carbocycles. The number of aromatic nitrogens is 1. The van der Waals surface area contributed by atoms with E-state index in [1.54, 1.807) is 7.11 Å². The second-order valence-corrected chi connectivity index (χ2v) is 7.65. The molecule has 128 valence electrons. The van der Waals surface area contributed by atoms with Crippen molar-refractivity contribution in [1.29, 1.82) is 0 Å². The minimum Gasteiger partial charge on any atom is -0.399 e. The molecule has 1 aliphatic rings. The number of unbranched alkanes of at least 4 members (excludes halogenated alkanes) is 1. The topological polar surface area (TPSA) is 47.6 Å². The third-order valence-corrected chi connectivity index (χ3v) is 3.90. The average Bonchev–Trinajstić information content (AvgIpc) is 3.22. The standard InChI is InChI=1S/C19H30N2O2/c1-6-7-8-18(21-22-5)17(14-9-10-14)12-15-11-16(23-20-15)13-19(2,3)4/h11-12,14H,6-10,13H2,1-5H3/b17-12+,21-18-. The van der Waals surface area contributed by atoms with Crippen molar-refractivity contribution in [3.8, 4) is 0 Å². The molecular formula is C19H30N2O2. The predicted octanol–water partition coefficient (Wildman–Crippen LogP) is 5.25. The molecule has 0 atom stereocenters. The van der Waals surface area contributed by atoms with Crippen molar-refractivity contribution in [1.82, 2.24) is 5.16 Å². The number of hydrogen-bond acceptors (Lipinski definition) is 4. The first-order chi connectivity index (χ1) is 10.9. The van der Waals surface area contributed by atoms with E-state index in [9.17, 15) is 0 Å². The smallest absolute Gasteiger partial charge is 0.137 e. The van der Waals surface area contributed by atoms with Crippen LogP contribution in [0.25, 0.3) is 6.08 Å². The number of nitrogens with zero attached hydrogens (tertiary/aromatic N) is 2. The Morgan fingerprint density at radius 2 is 2.17 bits per heavy atom. The fraction of sp³-hybridized carbons (Fsp3) is 0.684. The molecular weight excluding hydrogens is 288 g/mol. The van der Waals surface area contributed by atoms with E-state index in [-0.39, 0.29) is 5.41 Å². The maximum atomic E-state index is 5.50. The summed E-state index contributed by atoms with van der Waals surface area (Å²) in [6.07, 6.45) is 8.73. The van der Waals surface area contributed by atoms with Gasteiger partial charge in [-0.15, -0.1) is 0 Å². The first kappa shape index (κ1) is 17.8. The first-order valence-electron chi connectivity index (χ1n) is 8.70. The summed E-state index contributed by atoms with van der Waals surface area (Å²) in [5.41, 5.74) is 3.43. The predicted molar refractivity (Wildman–Crippen MR) is 94.3 cm³/mol. The normalized spacial score (nSPS) is 16.7. The van der Waals surface area contributed by atoms with Gasteiger partial charge in [0.25, 0.3) is 0 Å². The molecule has 23 heavy (non-hydrogen) atoms. The lowest BCUT2D eigenvalue weighted by Crippen LogP contribution is -2.08. The fourth-order valence-corrected chi connectivity index (χ4v) is 2.69. The SMILES string of the molecule is CCCCC(=N/OC)/C(=C/c1cc(CC(C)(C)C)on1)C1CC1. The molecule has 2 rings (SSSR count). The van der Waals surface area contributed by atoms with Crippen LogP contribution >= 0.6 is 0 Å². The molecule has 0 saturated heterocycles. The molecule has 0 bridgehead atoms. The van der Waals surface area contributed by atoms with Gasteiger partial charge in [0.2, 0.25) is 0 Å². The van der Waals surface area contributed by atoms with Gasteiger partial charge in [-0.2, -0.15) is 0 Å². The van der Waals surface area contributed by atoms with Crippen molar-refractivity contribution in [3.05, 3.63) is 23.1 Å². The van der Waals surface area contributed by atoms with Crippen LogP contribution in [0.5, 0.6) is 0 Å². The van der Waals surface area contributed by atoms with Gasteiger partial charge in [-0.1, -0.05) is 44.4 Å². The van der Waals surface area contributed by atoms with Gasteiger partial charge < -0.3 is 9.36 Å². The van der Waals surface area contributed by atoms with Gasteiger partial charge in [0.15, 0.2) is 0 Å². The summed E-state index contributed by atoms with van der Waals surface area (Å²) in [6.45, 7) is 8.81. The van der Waals surface area contributed by atoms with E-state index in [1.165, 1.54) is 18.4 Å². The van der Waals surface area contributed by atoms with Crippen LogP contribution in [0.3, 0.4) is 0 Å². The van der Waals surface area contributed by atoms with E-state index in [4.69, 9.17) is 9.36 Å². The van der Waals surface area contributed by atoms with Gasteiger partial charge in [0.1, 0.15) is 18.6 Å². The van der Waals surface area contributed by atoms with Gasteiger partial charge >= 0.3 is 0 Å². The maximum Gasteiger partial charge on any atom is 0.137 e. The molecule has 4 nitrogen and oxygen atoms in total. The van der Waals surface area contributed by atoms with E-state index >= 15 is 0 Å². The van der Waals surface area contributed by atoms with Crippen LogP contribution in [0.1, 0.15) is 71.3 Å². The summed E-state index contributed by atoms with van der Waals surface area (Å²) in [6, 6.07) is 2.05. The van der Waals surface area contributed by atoms with E-state index in [1.807, 2.05) is 0 Å². The summed E-state index contributed by atoms with van der Waals surface area (Å²) in [4.78, 5) is 5.07. The third kappa shape index (κ3) is 5.85. The van der Waals surface area contributed by atoms with Crippen LogP contribution in [0.15, 0.2) is 21.3 Å². The zero-order valence-electron chi connectivity index (χ0n) is 15.2. The van der Waals surface area contributed by atoms with Crippen LogP contribution < -0.4 is 0 Å². The molecule has 0 aromatic carbocycles. The minimum atomic E-state index is 0.198. The van der Waals surface area contributed by atoms with E-state index < -0.39 is 0 Å². The lowest BCUT2D eigenvalue weighted by atomic mass is 9.91. The molecule has 0 aliphatic heterocycles. The molecule has 0 unspecified atom stereocenters. The van der Waals surface area contributed by atoms with Crippen molar-refractivity contribution in [2.24, 2.45) is 16.5 Å². The van der Waals surface area contributed by atoms with Gasteiger partial charge in [-0.25, -0.2) is 0 Å². The van der Waals surface area contributed by atoms with Gasteiger partial charge in [-0.3, -0.25) is 0 Å². The van der Waals surface area contributed by atoms with E-state index in [2.05, 4.69) is 50.1 Å². The van der Waals surface area contributed by atoms with Crippen molar-refractivity contribution in [2.75, 3.05) is 7.11 Å². The molecule has 1 saturated carbocycles. The highest BCUT2D eigenvalue weighted by atomic mass is 16.6. The summed E-state index contributed by atoms with van der Waals surface area (Å²) >= 11 is 0. The van der Waals surface area contributed by atoms with Crippen molar-refractivity contribution < 1.29 is 9.36 Å². The highest BCUT2D eigenvalue weighted by molar-refractivity contribution is 6.04. The van der Waals surface area contributed by atoms with E-state index in [0.717, 1.165) is 42.8 Å². The molecule has 4 heteroatoms. The van der Waals surface area contributed by atoms with Crippen LogP contribution in [0.4, 0.5) is 0 Å². The highest BCUT2D eigenvalue weighted by Gasteiger charge is 2.29. The van der Waals surface area contributed by atoms with E-state index in [0.29, 0.717) is 5.92 Å². The van der Waals surface area contributed by atoms with Gasteiger partial charge in [-0.05, 0) is 48.7 Å². The molecule has 0 N–H and O–H groups in total. The van der Waals surface area contributed by atoms with Gasteiger partial charge in [0.05, 0.1) is 5.71 Å². The fourth-order valence-electron chi connectivity index (χ4n) is 2.69. The summed E-state index contributed by atoms with van der Waals surface area (Å²) in [5, 5.41) is 8.50. The van der Waals surface area contributed by atoms with Crippen molar-refractivity contribution >= 4 is 11.8 Å². The third-order valence-electron chi connectivity index (χ3n) is 3.90. The second kappa shape index (κ2) is 7.80. The van der Waals surface area contributed by atoms with Gasteiger partial charge in [0, 0.05) is 12.5 Å². The summed E-state index contributed by atoms with van der Waals surface area (Å²) in [5.74, 6) is 1.54. The zero-order chi connectivity index (χ0) is 16.9. The molecule has 0 radical (unpaired) electrons. The lowest BCUT2D eigenvalue weighted by Gasteiger charge is -2.14. The lowest BCUT2D eigenvalue weighted by molar-refractivity contribution is 0.212. The Morgan fingerprint density at radius 1 is 1.43 bits per heavy atom. The van der Waals surface area contributed by atoms with Crippen LogP contribution in [-0.2, 0) is 11.3 Å². The number of hydrogen-bond donors (Lipinski definition) is 0. The molecule has 1 aromatic heterocycles. The van der Waals surface area contributed by atoms with Crippen LogP contribution in [0, 0.1) is 11.3 Å². The molecule has 0 amide bonds. The van der Waals surface area contributed by atoms with Crippen LogP contribution in [0.2, 0.25) is 0 Å². The Morgan fingerprint density at radius 3 is 2.74 bits per heavy atom. The average molecular weight is 318 g/mol. The summed E-state index contributed by atoms with van der Waals surface area (Å²) in [7, 11) is 1.62. The van der Waals surface area contributed by atoms with Crippen molar-refractivity contribution in [2.45, 2.75) is 66.2 Å². The Labute approximate surface area is 140 Å². The molecule has 0 spiro atoms. The largest absolute Gasteiger partial charge is 0.399 e. The second-order valence-electron chi connectivity index (χ2n) is 7.65. The molecule has 1 aromatic rings. The molecule has 1 heterocycles. The summed E-state index contributed by atoms with van der Waals surface area (Å²) < 4.78 is 5.50. The van der Waals surface area contributed by atoms with Crippen molar-refractivity contribution in [3.63, 3.8) is 0 Å². The Bertz CT molecular complexity index is 560. The number of allylic oxidation sites excluding steroid dienone is 1. The zero-order valence-corrected chi connectivity index (χ0v) is 15.2. The monoisotopic (exact) mass is 318 g/mol. The first-order valence-corrected chi connectivity index (χ1v) is 8.70. The quantitative estimate of drug-likeness (QED) is 0.486. The number of oxime groups is 1. The number of rotatable bonds is 8. The Kier molecular flexibility index (Phi) is 6.03. The van der Waals surface area contributed by atoms with Crippen LogP contribution in [-0.4, -0.2) is 18.0 Å².